The molecule has 0 aliphatic heterocycles. The number of rotatable bonds is 7. The molecule has 0 atom stereocenters. The van der Waals surface area contributed by atoms with Crippen LogP contribution in [0.5, 0.6) is 0 Å². The molecule has 2 aromatic carbocycles. The number of hydrogen-bond donors (Lipinski definition) is 1. The van der Waals surface area contributed by atoms with Crippen LogP contribution in [0, 0.1) is 0 Å². The highest BCUT2D eigenvalue weighted by Crippen LogP contribution is 2.23. The lowest BCUT2D eigenvalue weighted by molar-refractivity contribution is 0.0524. The van der Waals surface area contributed by atoms with E-state index in [9.17, 15) is 14.4 Å². The Bertz CT molecular complexity index is 959. The van der Waals surface area contributed by atoms with Crippen molar-refractivity contribution in [2.75, 3.05) is 11.4 Å². The molecule has 7 heteroatoms. The minimum Gasteiger partial charge on any atom is -0.444 e. The lowest BCUT2D eigenvalue weighted by atomic mass is 10.1. The Morgan fingerprint density at radius 3 is 2.09 bits per heavy atom. The fourth-order valence-corrected chi connectivity index (χ4v) is 2.93. The van der Waals surface area contributed by atoms with Crippen molar-refractivity contribution in [1.82, 2.24) is 5.32 Å². The van der Waals surface area contributed by atoms with Crippen LogP contribution in [0.25, 0.3) is 0 Å². The molecule has 1 N–H and O–H groups in total. The van der Waals surface area contributed by atoms with E-state index in [-0.39, 0.29) is 18.7 Å². The van der Waals surface area contributed by atoms with Gasteiger partial charge in [0.1, 0.15) is 11.2 Å². The van der Waals surface area contributed by atoms with Crippen molar-refractivity contribution >= 4 is 23.7 Å². The maximum atomic E-state index is 13.0. The molecule has 7 nitrogen and oxygen atoms in total. The van der Waals surface area contributed by atoms with Gasteiger partial charge in [-0.2, -0.15) is 0 Å². The van der Waals surface area contributed by atoms with E-state index in [2.05, 4.69) is 5.32 Å². The van der Waals surface area contributed by atoms with Crippen LogP contribution in [-0.2, 0) is 16.0 Å². The topological polar surface area (TPSA) is 84.9 Å². The summed E-state index contributed by atoms with van der Waals surface area (Å²) in [6, 6.07) is 16.4. The van der Waals surface area contributed by atoms with Crippen LogP contribution in [0.2, 0.25) is 0 Å². The molecule has 2 rings (SSSR count). The van der Waals surface area contributed by atoms with Crippen LogP contribution < -0.4 is 10.2 Å². The first-order chi connectivity index (χ1) is 15.3. The lowest BCUT2D eigenvalue weighted by Crippen LogP contribution is -2.36. The number of alkyl carbamates (subject to hydrolysis) is 1. The first-order valence-corrected chi connectivity index (χ1v) is 11.0. The van der Waals surface area contributed by atoms with E-state index >= 15 is 0 Å². The van der Waals surface area contributed by atoms with Crippen LogP contribution in [-0.4, -0.2) is 35.7 Å². The van der Waals surface area contributed by atoms with Crippen LogP contribution in [0.4, 0.5) is 15.3 Å². The van der Waals surface area contributed by atoms with E-state index in [4.69, 9.17) is 9.47 Å². The minimum absolute atomic E-state index is 0.105. The highest BCUT2D eigenvalue weighted by Gasteiger charge is 2.24. The zero-order valence-electron chi connectivity index (χ0n) is 20.3. The molecule has 2 aromatic rings. The van der Waals surface area contributed by atoms with Gasteiger partial charge in [-0.05, 0) is 59.2 Å². The van der Waals surface area contributed by atoms with Crippen LogP contribution in [0.1, 0.15) is 63.9 Å². The molecule has 0 saturated carbocycles. The number of Topliss-reactive ketones (excluding diaryl/α,β-unsaturated/α-hetero) is 1. The van der Waals surface area contributed by atoms with Gasteiger partial charge in [-0.15, -0.1) is 0 Å². The SMILES string of the molecule is CC(C)(C)OC(=O)NCCC(=O)c1cccc(N(Cc2ccccc2)C(=O)OC(C)(C)C)c1. The predicted molar refractivity (Wildman–Crippen MR) is 128 cm³/mol. The van der Waals surface area contributed by atoms with Crippen LogP contribution in [0.3, 0.4) is 0 Å². The number of carbonyl (C=O) groups is 3. The first-order valence-electron chi connectivity index (χ1n) is 11.0. The van der Waals surface area contributed by atoms with Crippen molar-refractivity contribution in [2.45, 2.75) is 65.7 Å². The summed E-state index contributed by atoms with van der Waals surface area (Å²) in [5.74, 6) is -0.156. The Morgan fingerprint density at radius 1 is 0.848 bits per heavy atom. The Morgan fingerprint density at radius 2 is 1.48 bits per heavy atom. The normalized spacial score (nSPS) is 11.5. The highest BCUT2D eigenvalue weighted by atomic mass is 16.6. The number of nitrogens with one attached hydrogen (secondary N) is 1. The van der Waals surface area contributed by atoms with Crippen molar-refractivity contribution < 1.29 is 23.9 Å². The van der Waals surface area contributed by atoms with Gasteiger partial charge in [0.15, 0.2) is 5.78 Å². The van der Waals surface area contributed by atoms with E-state index in [0.717, 1.165) is 5.56 Å². The quantitative estimate of drug-likeness (QED) is 0.541. The molecule has 0 bridgehead atoms. The fraction of sp³-hybridized carbons (Fsp3) is 0.423. The van der Waals surface area contributed by atoms with Crippen LogP contribution in [0.15, 0.2) is 54.6 Å². The maximum Gasteiger partial charge on any atom is 0.415 e. The van der Waals surface area contributed by atoms with Gasteiger partial charge < -0.3 is 14.8 Å². The molecule has 0 saturated heterocycles. The summed E-state index contributed by atoms with van der Waals surface area (Å²) in [5.41, 5.74) is 0.667. The molecule has 0 heterocycles. The van der Waals surface area contributed by atoms with Crippen molar-refractivity contribution in [3.05, 3.63) is 65.7 Å². The Kier molecular flexibility index (Phi) is 8.63. The van der Waals surface area contributed by atoms with E-state index in [0.29, 0.717) is 17.8 Å². The van der Waals surface area contributed by atoms with Crippen molar-refractivity contribution in [3.8, 4) is 0 Å². The first kappa shape index (κ1) is 25.9. The van der Waals surface area contributed by atoms with Gasteiger partial charge >= 0.3 is 12.2 Å². The number of anilines is 1. The van der Waals surface area contributed by atoms with Gasteiger partial charge in [-0.3, -0.25) is 9.69 Å². The molecular weight excluding hydrogens is 420 g/mol. The average Bonchev–Trinajstić information content (AvgIpc) is 2.70. The zero-order chi connectivity index (χ0) is 24.6. The number of hydrogen-bond acceptors (Lipinski definition) is 5. The molecule has 0 aliphatic carbocycles. The summed E-state index contributed by atoms with van der Waals surface area (Å²) in [6.45, 7) is 11.2. The standard InChI is InChI=1S/C26H34N2O5/c1-25(2,3)32-23(30)27-16-15-22(29)20-13-10-14-21(17-20)28(24(31)33-26(4,5)6)18-19-11-8-7-9-12-19/h7-14,17H,15-16,18H2,1-6H3,(H,27,30). The second-order valence-corrected chi connectivity index (χ2v) is 9.70. The van der Waals surface area contributed by atoms with Crippen molar-refractivity contribution in [1.29, 1.82) is 0 Å². The lowest BCUT2D eigenvalue weighted by Gasteiger charge is -2.28. The summed E-state index contributed by atoms with van der Waals surface area (Å²) >= 11 is 0. The monoisotopic (exact) mass is 454 g/mol. The van der Waals surface area contributed by atoms with E-state index in [1.807, 2.05) is 51.1 Å². The molecule has 0 spiro atoms. The number of ether oxygens (including phenoxy) is 2. The molecule has 0 aliphatic rings. The van der Waals surface area contributed by atoms with Gasteiger partial charge in [0, 0.05) is 24.2 Å². The summed E-state index contributed by atoms with van der Waals surface area (Å²) in [6.07, 6.45) is -0.959. The molecular formula is C26H34N2O5. The molecule has 0 radical (unpaired) electrons. The Hall–Kier alpha value is -3.35. The summed E-state index contributed by atoms with van der Waals surface area (Å²) in [5, 5.41) is 2.59. The number of benzene rings is 2. The Labute approximate surface area is 196 Å². The summed E-state index contributed by atoms with van der Waals surface area (Å²) in [4.78, 5) is 39.0. The van der Waals surface area contributed by atoms with Gasteiger partial charge in [0.25, 0.3) is 0 Å². The number of nitrogens with zero attached hydrogens (tertiary/aromatic N) is 1. The van der Waals surface area contributed by atoms with Gasteiger partial charge in [0.2, 0.25) is 0 Å². The predicted octanol–water partition coefficient (Wildman–Crippen LogP) is 5.73. The third kappa shape index (κ3) is 9.35. The summed E-state index contributed by atoms with van der Waals surface area (Å²) < 4.78 is 10.8. The molecule has 0 aromatic heterocycles. The number of amides is 2. The molecule has 2 amide bonds. The van der Waals surface area contributed by atoms with Crippen molar-refractivity contribution in [2.24, 2.45) is 0 Å². The summed E-state index contributed by atoms with van der Waals surface area (Å²) in [7, 11) is 0. The molecule has 33 heavy (non-hydrogen) atoms. The van der Waals surface area contributed by atoms with Gasteiger partial charge in [-0.1, -0.05) is 42.5 Å². The molecule has 0 unspecified atom stereocenters. The smallest absolute Gasteiger partial charge is 0.415 e. The van der Waals surface area contributed by atoms with Gasteiger partial charge in [-0.25, -0.2) is 9.59 Å². The molecule has 0 fully saturated rings. The Balaban J connectivity index is 2.14. The number of carbonyl (C=O) groups excluding carboxylic acids is 3. The maximum absolute atomic E-state index is 13.0. The number of ketones is 1. The van der Waals surface area contributed by atoms with Crippen LogP contribution >= 0.6 is 0 Å². The van der Waals surface area contributed by atoms with Gasteiger partial charge in [0.05, 0.1) is 6.54 Å². The van der Waals surface area contributed by atoms with E-state index < -0.39 is 23.4 Å². The highest BCUT2D eigenvalue weighted by molar-refractivity contribution is 5.98. The third-order valence-corrected chi connectivity index (χ3v) is 4.30. The zero-order valence-corrected chi connectivity index (χ0v) is 20.3. The average molecular weight is 455 g/mol. The fourth-order valence-electron chi connectivity index (χ4n) is 2.93. The second-order valence-electron chi connectivity index (χ2n) is 9.70. The molecule has 178 valence electrons. The third-order valence-electron chi connectivity index (χ3n) is 4.30. The van der Waals surface area contributed by atoms with E-state index in [1.165, 1.54) is 4.90 Å². The minimum atomic E-state index is -0.660. The van der Waals surface area contributed by atoms with E-state index in [1.54, 1.807) is 45.0 Å². The second kappa shape index (κ2) is 11.0. The largest absolute Gasteiger partial charge is 0.444 e. The van der Waals surface area contributed by atoms with Crippen molar-refractivity contribution in [3.63, 3.8) is 0 Å².